The lowest BCUT2D eigenvalue weighted by atomic mass is 10.0. The average Bonchev–Trinajstić information content (AvgIpc) is 3.09. The number of primary sulfonamides is 1. The number of ether oxygens (including phenoxy) is 2. The van der Waals surface area contributed by atoms with Gasteiger partial charge >= 0.3 is 0 Å². The van der Waals surface area contributed by atoms with E-state index in [1.165, 1.54) is 6.07 Å². The van der Waals surface area contributed by atoms with E-state index in [0.29, 0.717) is 31.8 Å². The van der Waals surface area contributed by atoms with Crippen LogP contribution in [-0.2, 0) is 25.9 Å². The molecule has 0 radical (unpaired) electrons. The smallest absolute Gasteiger partial charge is 0.238 e. The number of methoxy groups -OCH3 is 1. The lowest BCUT2D eigenvalue weighted by Crippen LogP contribution is -2.16. The van der Waals surface area contributed by atoms with Crippen LogP contribution in [-0.4, -0.2) is 51.8 Å². The summed E-state index contributed by atoms with van der Waals surface area (Å²) < 4.78 is 36.8. The van der Waals surface area contributed by atoms with Gasteiger partial charge in [-0.15, -0.1) is 0 Å². The van der Waals surface area contributed by atoms with Crippen molar-refractivity contribution in [3.8, 4) is 11.3 Å². The molecule has 0 bridgehead atoms. The highest BCUT2D eigenvalue weighted by Crippen LogP contribution is 2.30. The predicted octanol–water partition coefficient (Wildman–Crippen LogP) is 1.90. The van der Waals surface area contributed by atoms with Crippen molar-refractivity contribution in [1.82, 2.24) is 9.38 Å². The monoisotopic (exact) mass is 404 g/mol. The van der Waals surface area contributed by atoms with Crippen LogP contribution in [0.2, 0.25) is 0 Å². The second kappa shape index (κ2) is 8.70. The molecule has 150 valence electrons. The molecule has 0 atom stereocenters. The molecule has 3 N–H and O–H groups in total. The van der Waals surface area contributed by atoms with E-state index in [2.05, 4.69) is 10.3 Å². The van der Waals surface area contributed by atoms with Crippen molar-refractivity contribution in [3.63, 3.8) is 0 Å². The van der Waals surface area contributed by atoms with Crippen LogP contribution in [0.15, 0.2) is 47.6 Å². The van der Waals surface area contributed by atoms with E-state index < -0.39 is 10.0 Å². The predicted molar refractivity (Wildman–Crippen MR) is 108 cm³/mol. The number of nitrogens with zero attached hydrogens (tertiary/aromatic N) is 2. The van der Waals surface area contributed by atoms with E-state index in [-0.39, 0.29) is 4.90 Å². The molecule has 0 unspecified atom stereocenters. The number of sulfonamides is 1. The van der Waals surface area contributed by atoms with E-state index in [0.717, 1.165) is 22.6 Å². The van der Waals surface area contributed by atoms with Crippen molar-refractivity contribution in [1.29, 1.82) is 0 Å². The number of benzene rings is 1. The number of nitrogens with one attached hydrogen (secondary N) is 1. The van der Waals surface area contributed by atoms with E-state index >= 15 is 0 Å². The highest BCUT2D eigenvalue weighted by atomic mass is 32.2. The summed E-state index contributed by atoms with van der Waals surface area (Å²) in [7, 11) is -0.448. The Bertz CT molecular complexity index is 1060. The van der Waals surface area contributed by atoms with Crippen molar-refractivity contribution in [3.05, 3.63) is 48.3 Å². The van der Waals surface area contributed by atoms with Gasteiger partial charge in [-0.1, -0.05) is 12.1 Å². The Labute approximate surface area is 164 Å². The van der Waals surface area contributed by atoms with Crippen LogP contribution in [0.1, 0.15) is 5.56 Å². The van der Waals surface area contributed by atoms with E-state index in [9.17, 15) is 8.42 Å². The lowest BCUT2D eigenvalue weighted by molar-refractivity contribution is 0.0721. The van der Waals surface area contributed by atoms with Crippen molar-refractivity contribution in [2.75, 3.05) is 39.3 Å². The Morgan fingerprint density at radius 1 is 1.18 bits per heavy atom. The molecule has 0 saturated carbocycles. The van der Waals surface area contributed by atoms with Crippen molar-refractivity contribution < 1.29 is 17.9 Å². The second-order valence-corrected chi connectivity index (χ2v) is 7.75. The first-order chi connectivity index (χ1) is 13.5. The molecule has 0 amide bonds. The zero-order valence-corrected chi connectivity index (χ0v) is 16.7. The molecule has 0 spiro atoms. The van der Waals surface area contributed by atoms with E-state index in [4.69, 9.17) is 14.6 Å². The summed E-state index contributed by atoms with van der Waals surface area (Å²) in [5.41, 5.74) is 3.82. The summed E-state index contributed by atoms with van der Waals surface area (Å²) in [5, 5.41) is 8.56. The minimum Gasteiger partial charge on any atom is -0.387 e. The third kappa shape index (κ3) is 4.33. The van der Waals surface area contributed by atoms with Crippen molar-refractivity contribution in [2.45, 2.75) is 11.3 Å². The first-order valence-electron chi connectivity index (χ1n) is 8.82. The number of nitrogens with two attached hydrogens (primary N) is 1. The Hall–Kier alpha value is -2.46. The minimum absolute atomic E-state index is 0.0973. The van der Waals surface area contributed by atoms with Crippen LogP contribution < -0.4 is 10.5 Å². The maximum Gasteiger partial charge on any atom is 0.238 e. The molecular weight excluding hydrogens is 380 g/mol. The number of hydrogen-bond donors (Lipinski definition) is 2. The molecule has 28 heavy (non-hydrogen) atoms. The van der Waals surface area contributed by atoms with E-state index in [1.54, 1.807) is 19.4 Å². The van der Waals surface area contributed by atoms with Gasteiger partial charge in [-0.05, 0) is 30.2 Å². The Morgan fingerprint density at radius 2 is 2.00 bits per heavy atom. The normalized spacial score (nSPS) is 11.8. The average molecular weight is 404 g/mol. The molecule has 3 aromatic rings. The van der Waals surface area contributed by atoms with Gasteiger partial charge in [-0.25, -0.2) is 18.5 Å². The Kier molecular flexibility index (Phi) is 6.30. The van der Waals surface area contributed by atoms with Gasteiger partial charge in [0.1, 0.15) is 5.65 Å². The van der Waals surface area contributed by atoms with Gasteiger partial charge in [-0.2, -0.15) is 0 Å². The summed E-state index contributed by atoms with van der Waals surface area (Å²) in [4.78, 5) is 4.53. The summed E-state index contributed by atoms with van der Waals surface area (Å²) in [5.74, 6) is 0. The molecular formula is C19H24N4O4S. The fraction of sp³-hybridized carbons (Fsp3) is 0.316. The van der Waals surface area contributed by atoms with Crippen LogP contribution in [0.3, 0.4) is 0 Å². The van der Waals surface area contributed by atoms with Crippen molar-refractivity contribution >= 4 is 21.4 Å². The zero-order chi connectivity index (χ0) is 20.1. The third-order valence-electron chi connectivity index (χ3n) is 4.44. The Balaban J connectivity index is 2.07. The standard InChI is InChI=1S/C19H24N4O4S/c1-21-14-6-7-19-22-12-17(23(19)13-14)15-4-3-5-18(28(20,24)25)16(15)8-9-27-11-10-26-2/h3-7,12-13,21H,8-11H2,1-2H3,(H2,20,24,25). The number of fused-ring (bicyclic) bond motifs is 1. The maximum absolute atomic E-state index is 12.2. The molecule has 0 saturated heterocycles. The van der Waals surface area contributed by atoms with Gasteiger partial charge in [-0.3, -0.25) is 4.40 Å². The summed E-state index contributed by atoms with van der Waals surface area (Å²) >= 11 is 0. The van der Waals surface area contributed by atoms with Gasteiger partial charge < -0.3 is 14.8 Å². The van der Waals surface area contributed by atoms with E-state index in [1.807, 2.05) is 35.8 Å². The fourth-order valence-electron chi connectivity index (χ4n) is 3.08. The Morgan fingerprint density at radius 3 is 2.71 bits per heavy atom. The highest BCUT2D eigenvalue weighted by Gasteiger charge is 2.19. The molecule has 0 aliphatic carbocycles. The number of hydrogen-bond acceptors (Lipinski definition) is 6. The highest BCUT2D eigenvalue weighted by molar-refractivity contribution is 7.89. The number of imidazole rings is 1. The topological polar surface area (TPSA) is 108 Å². The molecule has 8 nitrogen and oxygen atoms in total. The number of pyridine rings is 1. The maximum atomic E-state index is 12.2. The summed E-state index contributed by atoms with van der Waals surface area (Å²) in [6.07, 6.45) is 4.04. The third-order valence-corrected chi connectivity index (χ3v) is 5.43. The zero-order valence-electron chi connectivity index (χ0n) is 15.9. The lowest BCUT2D eigenvalue weighted by Gasteiger charge is -2.14. The summed E-state index contributed by atoms with van der Waals surface area (Å²) in [6.45, 7) is 1.26. The molecule has 1 aromatic carbocycles. The van der Waals surface area contributed by atoms with Gasteiger partial charge in [0.05, 0.1) is 42.3 Å². The molecule has 2 aromatic heterocycles. The first-order valence-corrected chi connectivity index (χ1v) is 10.4. The molecule has 0 aliphatic rings. The fourth-order valence-corrected chi connectivity index (χ4v) is 3.90. The number of aromatic nitrogens is 2. The number of rotatable bonds is 9. The van der Waals surface area contributed by atoms with Crippen LogP contribution in [0.25, 0.3) is 16.9 Å². The van der Waals surface area contributed by atoms with Crippen LogP contribution in [0.4, 0.5) is 5.69 Å². The second-order valence-electron chi connectivity index (χ2n) is 6.22. The summed E-state index contributed by atoms with van der Waals surface area (Å²) in [6, 6.07) is 8.90. The van der Waals surface area contributed by atoms with Gasteiger partial charge in [0.25, 0.3) is 0 Å². The van der Waals surface area contributed by atoms with Gasteiger partial charge in [0, 0.05) is 25.9 Å². The molecule has 0 aliphatic heterocycles. The van der Waals surface area contributed by atoms with Crippen molar-refractivity contribution in [2.24, 2.45) is 5.14 Å². The quantitative estimate of drug-likeness (QED) is 0.528. The molecule has 3 rings (SSSR count). The van der Waals surface area contributed by atoms with Gasteiger partial charge in [0.2, 0.25) is 10.0 Å². The van der Waals surface area contributed by atoms with Crippen LogP contribution in [0, 0.1) is 0 Å². The molecule has 2 heterocycles. The number of anilines is 1. The largest absolute Gasteiger partial charge is 0.387 e. The minimum atomic E-state index is -3.88. The molecule has 9 heteroatoms. The van der Waals surface area contributed by atoms with Gasteiger partial charge in [0.15, 0.2) is 0 Å². The molecule has 0 fully saturated rings. The first kappa shape index (κ1) is 20.3. The SMILES string of the molecule is CNc1ccc2ncc(-c3cccc(S(N)(=O)=O)c3CCOCCOC)n2c1. The van der Waals surface area contributed by atoms with Crippen LogP contribution >= 0.6 is 0 Å². The van der Waals surface area contributed by atoms with Crippen LogP contribution in [0.5, 0.6) is 0 Å².